The van der Waals surface area contributed by atoms with E-state index in [1.165, 1.54) is 12.1 Å². The molecule has 1 amide bonds. The Labute approximate surface area is 127 Å². The predicted molar refractivity (Wildman–Crippen MR) is 77.0 cm³/mol. The van der Waals surface area contributed by atoms with Crippen LogP contribution < -0.4 is 5.32 Å². The summed E-state index contributed by atoms with van der Waals surface area (Å²) in [4.78, 5) is 11.9. The summed E-state index contributed by atoms with van der Waals surface area (Å²) in [6, 6.07) is 3.50. The third-order valence-electron chi connectivity index (χ3n) is 3.35. The maximum Gasteiger partial charge on any atom is 0.417 e. The normalized spacial score (nSPS) is 16.9. The van der Waals surface area contributed by atoms with Crippen LogP contribution in [0.5, 0.6) is 0 Å². The molecule has 1 aromatic carbocycles. The first-order valence-corrected chi connectivity index (χ1v) is 7.99. The van der Waals surface area contributed by atoms with Crippen LogP contribution in [0.4, 0.5) is 13.2 Å². The van der Waals surface area contributed by atoms with E-state index in [1.54, 1.807) is 11.8 Å². The number of nitrogens with one attached hydrogen (secondary N) is 1. The van der Waals surface area contributed by atoms with Crippen molar-refractivity contribution in [3.63, 3.8) is 0 Å². The lowest BCUT2D eigenvalue weighted by molar-refractivity contribution is -0.138. The van der Waals surface area contributed by atoms with E-state index in [0.29, 0.717) is 6.54 Å². The monoisotopic (exact) mass is 367 g/mol. The molecule has 0 aliphatic heterocycles. The second-order valence-corrected chi connectivity index (χ2v) is 6.89. The number of thioether (sulfide) groups is 1. The van der Waals surface area contributed by atoms with Crippen LogP contribution in [0, 0.1) is 0 Å². The van der Waals surface area contributed by atoms with E-state index in [0.717, 1.165) is 18.9 Å². The van der Waals surface area contributed by atoms with Gasteiger partial charge in [-0.2, -0.15) is 24.9 Å². The topological polar surface area (TPSA) is 29.1 Å². The van der Waals surface area contributed by atoms with E-state index >= 15 is 0 Å². The Bertz CT molecular complexity index is 529. The van der Waals surface area contributed by atoms with E-state index in [-0.39, 0.29) is 14.8 Å². The molecule has 0 aromatic heterocycles. The Kier molecular flexibility index (Phi) is 4.39. The number of hydrogen-bond acceptors (Lipinski definition) is 2. The van der Waals surface area contributed by atoms with Gasteiger partial charge in [0.05, 0.1) is 5.56 Å². The van der Waals surface area contributed by atoms with Crippen LogP contribution in [0.1, 0.15) is 28.8 Å². The highest BCUT2D eigenvalue weighted by Crippen LogP contribution is 2.46. The molecular formula is C13H13BrF3NOS. The largest absolute Gasteiger partial charge is 0.417 e. The molecule has 20 heavy (non-hydrogen) atoms. The molecule has 1 N–H and O–H groups in total. The fourth-order valence-electron chi connectivity index (χ4n) is 1.82. The van der Waals surface area contributed by atoms with E-state index in [4.69, 9.17) is 0 Å². The van der Waals surface area contributed by atoms with Gasteiger partial charge in [0, 0.05) is 21.3 Å². The van der Waals surface area contributed by atoms with Gasteiger partial charge in [-0.1, -0.05) is 15.9 Å². The smallest absolute Gasteiger partial charge is 0.351 e. The highest BCUT2D eigenvalue weighted by atomic mass is 79.9. The predicted octanol–water partition coefficient (Wildman–Crippen LogP) is 4.09. The lowest BCUT2D eigenvalue weighted by atomic mass is 10.1. The third kappa shape index (κ3) is 3.49. The van der Waals surface area contributed by atoms with Crippen LogP contribution >= 0.6 is 27.7 Å². The molecule has 0 heterocycles. The summed E-state index contributed by atoms with van der Waals surface area (Å²) in [5, 5.41) is 2.71. The SMILES string of the molecule is CSC1(CNC(=O)c2ccc(Br)c(C(F)(F)F)c2)CC1. The summed E-state index contributed by atoms with van der Waals surface area (Å²) < 4.78 is 38.3. The molecule has 1 aliphatic rings. The molecule has 1 fully saturated rings. The average molecular weight is 368 g/mol. The summed E-state index contributed by atoms with van der Waals surface area (Å²) in [5.41, 5.74) is -0.812. The zero-order valence-electron chi connectivity index (χ0n) is 10.7. The minimum atomic E-state index is -4.48. The maximum atomic E-state index is 12.8. The summed E-state index contributed by atoms with van der Waals surface area (Å²) in [6.07, 6.45) is -0.447. The molecule has 1 aromatic rings. The van der Waals surface area contributed by atoms with Gasteiger partial charge in [-0.25, -0.2) is 0 Å². The molecule has 0 atom stereocenters. The molecule has 0 saturated heterocycles. The summed E-state index contributed by atoms with van der Waals surface area (Å²) in [5.74, 6) is -0.469. The van der Waals surface area contributed by atoms with Gasteiger partial charge >= 0.3 is 6.18 Å². The molecule has 110 valence electrons. The van der Waals surface area contributed by atoms with Crippen LogP contribution in [0.3, 0.4) is 0 Å². The van der Waals surface area contributed by atoms with Gasteiger partial charge in [0.1, 0.15) is 0 Å². The summed E-state index contributed by atoms with van der Waals surface area (Å²) in [7, 11) is 0. The van der Waals surface area contributed by atoms with Crippen LogP contribution in [-0.2, 0) is 6.18 Å². The molecule has 0 radical (unpaired) electrons. The van der Waals surface area contributed by atoms with Crippen LogP contribution in [-0.4, -0.2) is 23.5 Å². The minimum Gasteiger partial charge on any atom is -0.351 e. The van der Waals surface area contributed by atoms with Crippen molar-refractivity contribution in [2.45, 2.75) is 23.8 Å². The Morgan fingerprint density at radius 2 is 2.10 bits per heavy atom. The maximum absolute atomic E-state index is 12.8. The number of carbonyl (C=O) groups is 1. The highest BCUT2D eigenvalue weighted by molar-refractivity contribution is 9.10. The Hall–Kier alpha value is -0.690. The van der Waals surface area contributed by atoms with E-state index < -0.39 is 17.6 Å². The lowest BCUT2D eigenvalue weighted by Gasteiger charge is -2.14. The Morgan fingerprint density at radius 3 is 2.60 bits per heavy atom. The third-order valence-corrected chi connectivity index (χ3v) is 5.46. The van der Waals surface area contributed by atoms with Gasteiger partial charge in [0.2, 0.25) is 0 Å². The second kappa shape index (κ2) is 5.60. The number of halogens is 4. The first-order chi connectivity index (χ1) is 9.27. The van der Waals surface area contributed by atoms with Crippen molar-refractivity contribution in [3.05, 3.63) is 33.8 Å². The van der Waals surface area contributed by atoms with Crippen molar-refractivity contribution in [3.8, 4) is 0 Å². The van der Waals surface area contributed by atoms with Gasteiger partial charge < -0.3 is 5.32 Å². The molecule has 1 aliphatic carbocycles. The van der Waals surface area contributed by atoms with Gasteiger partial charge in [0.15, 0.2) is 0 Å². The van der Waals surface area contributed by atoms with Crippen molar-refractivity contribution in [2.75, 3.05) is 12.8 Å². The Morgan fingerprint density at radius 1 is 1.45 bits per heavy atom. The van der Waals surface area contributed by atoms with Crippen molar-refractivity contribution < 1.29 is 18.0 Å². The first kappa shape index (κ1) is 15.7. The molecule has 2 rings (SSSR count). The summed E-state index contributed by atoms with van der Waals surface area (Å²) >= 11 is 4.54. The molecule has 0 unspecified atom stereocenters. The molecule has 2 nitrogen and oxygen atoms in total. The molecule has 0 bridgehead atoms. The number of amides is 1. The molecule has 1 saturated carbocycles. The van der Waals surface area contributed by atoms with Crippen molar-refractivity contribution in [1.29, 1.82) is 0 Å². The van der Waals surface area contributed by atoms with Crippen molar-refractivity contribution in [2.24, 2.45) is 0 Å². The van der Waals surface area contributed by atoms with E-state index in [1.807, 2.05) is 6.26 Å². The molecular weight excluding hydrogens is 355 g/mol. The minimum absolute atomic E-state index is 0.0254. The van der Waals surface area contributed by atoms with Gasteiger partial charge in [-0.05, 0) is 37.3 Å². The quantitative estimate of drug-likeness (QED) is 0.867. The van der Waals surface area contributed by atoms with Gasteiger partial charge in [0.25, 0.3) is 5.91 Å². The van der Waals surface area contributed by atoms with Crippen LogP contribution in [0.2, 0.25) is 0 Å². The summed E-state index contributed by atoms with van der Waals surface area (Å²) in [6.45, 7) is 0.490. The zero-order valence-corrected chi connectivity index (χ0v) is 13.1. The molecule has 7 heteroatoms. The highest BCUT2D eigenvalue weighted by Gasteiger charge is 2.42. The zero-order chi connectivity index (χ0) is 15.0. The number of benzene rings is 1. The standard InChI is InChI=1S/C13H13BrF3NOS/c1-20-12(4-5-12)7-18-11(19)8-2-3-10(14)9(6-8)13(15,16)17/h2-3,6H,4-5,7H2,1H3,(H,18,19). The van der Waals surface area contributed by atoms with Crippen molar-refractivity contribution in [1.82, 2.24) is 5.32 Å². The lowest BCUT2D eigenvalue weighted by Crippen LogP contribution is -2.31. The van der Waals surface area contributed by atoms with E-state index in [9.17, 15) is 18.0 Å². The fraction of sp³-hybridized carbons (Fsp3) is 0.462. The van der Waals surface area contributed by atoms with E-state index in [2.05, 4.69) is 21.2 Å². The van der Waals surface area contributed by atoms with Crippen LogP contribution in [0.15, 0.2) is 22.7 Å². The van der Waals surface area contributed by atoms with Crippen molar-refractivity contribution >= 4 is 33.6 Å². The second-order valence-electron chi connectivity index (χ2n) is 4.76. The number of hydrogen-bond donors (Lipinski definition) is 1. The average Bonchev–Trinajstić information content (AvgIpc) is 3.16. The van der Waals surface area contributed by atoms with Crippen LogP contribution in [0.25, 0.3) is 0 Å². The number of alkyl halides is 3. The first-order valence-electron chi connectivity index (χ1n) is 5.97. The number of carbonyl (C=O) groups excluding carboxylic acids is 1. The Balaban J connectivity index is 2.10. The van der Waals surface area contributed by atoms with Gasteiger partial charge in [-0.3, -0.25) is 4.79 Å². The number of rotatable bonds is 4. The molecule has 0 spiro atoms. The fourth-order valence-corrected chi connectivity index (χ4v) is 3.02. The van der Waals surface area contributed by atoms with Gasteiger partial charge in [-0.15, -0.1) is 0 Å².